The van der Waals surface area contributed by atoms with Crippen molar-refractivity contribution in [1.82, 2.24) is 10.2 Å². The molecule has 0 saturated heterocycles. The molecule has 0 aliphatic heterocycles. The first kappa shape index (κ1) is 11.5. The summed E-state index contributed by atoms with van der Waals surface area (Å²) in [5, 5.41) is 3.22. The average Bonchev–Trinajstić information content (AvgIpc) is 3.12. The lowest BCUT2D eigenvalue weighted by Gasteiger charge is -2.20. The molecule has 0 spiro atoms. The highest BCUT2D eigenvalue weighted by Crippen LogP contribution is 2.29. The minimum atomic E-state index is 0.158. The van der Waals surface area contributed by atoms with Gasteiger partial charge in [0.15, 0.2) is 0 Å². The molecule has 0 atom stereocenters. The van der Waals surface area contributed by atoms with Gasteiger partial charge in [0.25, 0.3) is 0 Å². The number of nitrogens with one attached hydrogen (secondary N) is 1. The van der Waals surface area contributed by atoms with E-state index in [9.17, 15) is 4.79 Å². The SMILES string of the molecule is C#CCN(CC1CC1)C(=O)CNCC1CC1. The maximum absolute atomic E-state index is 11.9. The van der Waals surface area contributed by atoms with E-state index in [2.05, 4.69) is 11.2 Å². The van der Waals surface area contributed by atoms with Crippen LogP contribution in [0.2, 0.25) is 0 Å². The van der Waals surface area contributed by atoms with Crippen molar-refractivity contribution in [2.45, 2.75) is 25.7 Å². The van der Waals surface area contributed by atoms with E-state index < -0.39 is 0 Å². The van der Waals surface area contributed by atoms with E-state index in [1.807, 2.05) is 4.90 Å². The van der Waals surface area contributed by atoms with E-state index in [1.54, 1.807) is 0 Å². The Hall–Kier alpha value is -1.01. The minimum absolute atomic E-state index is 0.158. The molecule has 0 bridgehead atoms. The molecule has 2 rings (SSSR count). The van der Waals surface area contributed by atoms with Crippen molar-refractivity contribution >= 4 is 5.91 Å². The predicted molar refractivity (Wildman–Crippen MR) is 63.7 cm³/mol. The number of hydrogen-bond acceptors (Lipinski definition) is 2. The molecule has 0 radical (unpaired) electrons. The number of carbonyl (C=O) groups excluding carboxylic acids is 1. The fourth-order valence-electron chi connectivity index (χ4n) is 1.79. The van der Waals surface area contributed by atoms with Crippen LogP contribution in [0.1, 0.15) is 25.7 Å². The number of nitrogens with zero attached hydrogens (tertiary/aromatic N) is 1. The summed E-state index contributed by atoms with van der Waals surface area (Å²) in [5.41, 5.74) is 0. The van der Waals surface area contributed by atoms with Crippen molar-refractivity contribution < 1.29 is 4.79 Å². The lowest BCUT2D eigenvalue weighted by Crippen LogP contribution is -2.40. The van der Waals surface area contributed by atoms with Crippen LogP contribution in [0, 0.1) is 24.2 Å². The van der Waals surface area contributed by atoms with Gasteiger partial charge in [0.1, 0.15) is 0 Å². The van der Waals surface area contributed by atoms with Crippen molar-refractivity contribution in [3.63, 3.8) is 0 Å². The highest BCUT2D eigenvalue weighted by molar-refractivity contribution is 5.78. The summed E-state index contributed by atoms with van der Waals surface area (Å²) < 4.78 is 0. The summed E-state index contributed by atoms with van der Waals surface area (Å²) in [5.74, 6) is 4.25. The van der Waals surface area contributed by atoms with Gasteiger partial charge in [0.2, 0.25) is 5.91 Å². The molecule has 2 aliphatic carbocycles. The number of hydrogen-bond donors (Lipinski definition) is 1. The van der Waals surface area contributed by atoms with Crippen LogP contribution in [0.5, 0.6) is 0 Å². The summed E-state index contributed by atoms with van der Waals surface area (Å²) >= 11 is 0. The Bertz CT molecular complexity index is 287. The molecule has 0 heterocycles. The van der Waals surface area contributed by atoms with E-state index in [4.69, 9.17) is 6.42 Å². The monoisotopic (exact) mass is 220 g/mol. The second kappa shape index (κ2) is 5.36. The Morgan fingerprint density at radius 1 is 1.31 bits per heavy atom. The molecule has 2 saturated carbocycles. The normalized spacial score (nSPS) is 19.2. The average molecular weight is 220 g/mol. The number of rotatable bonds is 7. The molecule has 3 nitrogen and oxygen atoms in total. The van der Waals surface area contributed by atoms with E-state index in [0.717, 1.165) is 19.0 Å². The Kier molecular flexibility index (Phi) is 3.84. The highest BCUT2D eigenvalue weighted by atomic mass is 16.2. The van der Waals surface area contributed by atoms with E-state index in [1.165, 1.54) is 25.7 Å². The van der Waals surface area contributed by atoms with Crippen molar-refractivity contribution in [1.29, 1.82) is 0 Å². The lowest BCUT2D eigenvalue weighted by atomic mass is 10.3. The first-order valence-corrected chi connectivity index (χ1v) is 6.21. The molecule has 0 aromatic heterocycles. The fraction of sp³-hybridized carbons (Fsp3) is 0.769. The van der Waals surface area contributed by atoms with Gasteiger partial charge in [-0.2, -0.15) is 0 Å². The van der Waals surface area contributed by atoms with Gasteiger partial charge in [-0.15, -0.1) is 6.42 Å². The third-order valence-electron chi connectivity index (χ3n) is 3.22. The predicted octanol–water partition coefficient (Wildman–Crippen LogP) is 0.858. The van der Waals surface area contributed by atoms with Gasteiger partial charge in [0.05, 0.1) is 13.1 Å². The summed E-state index contributed by atoms with van der Waals surface area (Å²) in [6, 6.07) is 0. The molecule has 88 valence electrons. The van der Waals surface area contributed by atoms with E-state index in [0.29, 0.717) is 19.0 Å². The van der Waals surface area contributed by atoms with Crippen LogP contribution in [0.25, 0.3) is 0 Å². The highest BCUT2D eigenvalue weighted by Gasteiger charge is 2.26. The third kappa shape index (κ3) is 3.86. The molecule has 0 aromatic carbocycles. The van der Waals surface area contributed by atoms with E-state index >= 15 is 0 Å². The first-order valence-electron chi connectivity index (χ1n) is 6.21. The standard InChI is InChI=1S/C13H20N2O/c1-2-7-15(10-12-5-6-12)13(16)9-14-8-11-3-4-11/h1,11-12,14H,3-10H2. The van der Waals surface area contributed by atoms with Crippen LogP contribution in [-0.4, -0.2) is 37.0 Å². The van der Waals surface area contributed by atoms with Crippen LogP contribution in [0.15, 0.2) is 0 Å². The molecule has 1 N–H and O–H groups in total. The van der Waals surface area contributed by atoms with Crippen LogP contribution in [0.3, 0.4) is 0 Å². The Morgan fingerprint density at radius 2 is 2.00 bits per heavy atom. The van der Waals surface area contributed by atoms with Gasteiger partial charge < -0.3 is 10.2 Å². The zero-order chi connectivity index (χ0) is 11.4. The smallest absolute Gasteiger partial charge is 0.237 e. The summed E-state index contributed by atoms with van der Waals surface area (Å²) in [7, 11) is 0. The molecular formula is C13H20N2O. The molecule has 1 amide bonds. The number of terminal acetylenes is 1. The van der Waals surface area contributed by atoms with Crippen molar-refractivity contribution in [2.75, 3.05) is 26.2 Å². The van der Waals surface area contributed by atoms with Gasteiger partial charge >= 0.3 is 0 Å². The van der Waals surface area contributed by atoms with Crippen LogP contribution < -0.4 is 5.32 Å². The van der Waals surface area contributed by atoms with Crippen molar-refractivity contribution in [2.24, 2.45) is 11.8 Å². The van der Waals surface area contributed by atoms with Crippen molar-refractivity contribution in [3.8, 4) is 12.3 Å². The Morgan fingerprint density at radius 3 is 2.56 bits per heavy atom. The summed E-state index contributed by atoms with van der Waals surface area (Å²) in [4.78, 5) is 13.7. The second-order valence-corrected chi connectivity index (χ2v) is 5.00. The van der Waals surface area contributed by atoms with Gasteiger partial charge in [-0.25, -0.2) is 0 Å². The molecule has 0 aromatic rings. The van der Waals surface area contributed by atoms with Gasteiger partial charge in [0, 0.05) is 6.54 Å². The quantitative estimate of drug-likeness (QED) is 0.645. The maximum Gasteiger partial charge on any atom is 0.237 e. The van der Waals surface area contributed by atoms with E-state index in [-0.39, 0.29) is 5.91 Å². The summed E-state index contributed by atoms with van der Waals surface area (Å²) in [6.07, 6.45) is 10.4. The molecule has 2 fully saturated rings. The van der Waals surface area contributed by atoms with Crippen molar-refractivity contribution in [3.05, 3.63) is 0 Å². The largest absolute Gasteiger partial charge is 0.330 e. The van der Waals surface area contributed by atoms with Crippen LogP contribution in [0.4, 0.5) is 0 Å². The maximum atomic E-state index is 11.9. The molecule has 2 aliphatic rings. The fourth-order valence-corrected chi connectivity index (χ4v) is 1.79. The minimum Gasteiger partial charge on any atom is -0.330 e. The number of carbonyl (C=O) groups is 1. The van der Waals surface area contributed by atoms with Crippen LogP contribution >= 0.6 is 0 Å². The van der Waals surface area contributed by atoms with Gasteiger partial charge in [-0.1, -0.05) is 5.92 Å². The summed E-state index contributed by atoms with van der Waals surface area (Å²) in [6.45, 7) is 2.75. The topological polar surface area (TPSA) is 32.3 Å². The third-order valence-corrected chi connectivity index (χ3v) is 3.22. The lowest BCUT2D eigenvalue weighted by molar-refractivity contribution is -0.129. The number of amides is 1. The molecule has 16 heavy (non-hydrogen) atoms. The zero-order valence-electron chi connectivity index (χ0n) is 9.74. The molecule has 0 unspecified atom stereocenters. The van der Waals surface area contributed by atoms with Gasteiger partial charge in [-0.05, 0) is 44.1 Å². The Balaban J connectivity index is 1.67. The first-order chi connectivity index (χ1) is 7.79. The molecule has 3 heteroatoms. The molecular weight excluding hydrogens is 200 g/mol. The van der Waals surface area contributed by atoms with Gasteiger partial charge in [-0.3, -0.25) is 4.79 Å². The second-order valence-electron chi connectivity index (χ2n) is 5.00. The Labute approximate surface area is 97.6 Å². The zero-order valence-corrected chi connectivity index (χ0v) is 9.74. The van der Waals surface area contributed by atoms with Crippen LogP contribution in [-0.2, 0) is 4.79 Å².